The van der Waals surface area contributed by atoms with Crippen molar-refractivity contribution in [2.75, 3.05) is 20.3 Å². The maximum atomic E-state index is 6.45. The fourth-order valence-corrected chi connectivity index (χ4v) is 3.33. The number of nitrogens with one attached hydrogen (secondary N) is 1. The van der Waals surface area contributed by atoms with Gasteiger partial charge in [0.2, 0.25) is 0 Å². The van der Waals surface area contributed by atoms with E-state index >= 15 is 0 Å². The topological polar surface area (TPSA) is 39.7 Å². The molecule has 0 aromatic heterocycles. The summed E-state index contributed by atoms with van der Waals surface area (Å²) in [6.45, 7) is 4.96. The van der Waals surface area contributed by atoms with Gasteiger partial charge in [-0.05, 0) is 43.0 Å². The van der Waals surface area contributed by atoms with Crippen LogP contribution in [0.5, 0.6) is 11.5 Å². The Labute approximate surface area is 172 Å². The van der Waals surface area contributed by atoms with Crippen molar-refractivity contribution in [2.24, 2.45) is 0 Å². The number of hydrogen-bond donors (Lipinski definition) is 1. The van der Waals surface area contributed by atoms with Gasteiger partial charge in [-0.25, -0.2) is 0 Å². The summed E-state index contributed by atoms with van der Waals surface area (Å²) in [7, 11) is 1.63. The maximum Gasteiger partial charge on any atom is 0.180 e. The molecule has 1 saturated heterocycles. The average molecular weight is 412 g/mol. The van der Waals surface area contributed by atoms with E-state index in [9.17, 15) is 0 Å². The van der Waals surface area contributed by atoms with Crippen LogP contribution in [0.3, 0.4) is 0 Å². The summed E-state index contributed by atoms with van der Waals surface area (Å²) in [4.78, 5) is 0. The molecule has 1 unspecified atom stereocenters. The third-order valence-electron chi connectivity index (χ3n) is 4.52. The number of halogens is 2. The minimum Gasteiger partial charge on any atom is -0.493 e. The predicted molar refractivity (Wildman–Crippen MR) is 111 cm³/mol. The van der Waals surface area contributed by atoms with Crippen LogP contribution < -0.4 is 14.8 Å². The third-order valence-corrected chi connectivity index (χ3v) is 4.80. The highest BCUT2D eigenvalue weighted by atomic mass is 35.5. The molecule has 1 N–H and O–H groups in total. The molecule has 6 heteroatoms. The largest absolute Gasteiger partial charge is 0.493 e. The van der Waals surface area contributed by atoms with Crippen molar-refractivity contribution < 1.29 is 14.2 Å². The molecule has 1 fully saturated rings. The predicted octanol–water partition coefficient (Wildman–Crippen LogP) is 4.93. The van der Waals surface area contributed by atoms with E-state index in [1.807, 2.05) is 12.1 Å². The van der Waals surface area contributed by atoms with Gasteiger partial charge in [0, 0.05) is 19.7 Å². The molecule has 4 nitrogen and oxygen atoms in total. The number of benzene rings is 2. The van der Waals surface area contributed by atoms with Gasteiger partial charge in [0.15, 0.2) is 11.5 Å². The zero-order valence-corrected chi connectivity index (χ0v) is 17.4. The first-order valence-electron chi connectivity index (χ1n) is 9.03. The summed E-state index contributed by atoms with van der Waals surface area (Å²) in [6, 6.07) is 12.1. The van der Waals surface area contributed by atoms with Crippen molar-refractivity contribution in [1.29, 1.82) is 0 Å². The van der Waals surface area contributed by atoms with Crippen molar-refractivity contribution in [1.82, 2.24) is 5.32 Å². The monoisotopic (exact) mass is 411 g/mol. The van der Waals surface area contributed by atoms with Gasteiger partial charge in [0.05, 0.1) is 18.2 Å². The Kier molecular flexibility index (Phi) is 8.71. The van der Waals surface area contributed by atoms with Gasteiger partial charge in [0.1, 0.15) is 6.61 Å². The van der Waals surface area contributed by atoms with E-state index in [-0.39, 0.29) is 12.4 Å². The minimum atomic E-state index is 0. The maximum absolute atomic E-state index is 6.45. The van der Waals surface area contributed by atoms with Crippen LogP contribution >= 0.6 is 24.0 Å². The van der Waals surface area contributed by atoms with Crippen LogP contribution in [0, 0.1) is 6.92 Å². The fourth-order valence-electron chi connectivity index (χ4n) is 3.04. The lowest BCUT2D eigenvalue weighted by Crippen LogP contribution is -2.25. The first kappa shape index (κ1) is 21.8. The zero-order chi connectivity index (χ0) is 18.4. The normalized spacial score (nSPS) is 16.0. The van der Waals surface area contributed by atoms with Crippen LogP contribution in [0.4, 0.5) is 0 Å². The SMILES string of the molecule is COc1cc(CNCC2CCCO2)cc(Cl)c1OCc1ccc(C)cc1.Cl. The highest BCUT2D eigenvalue weighted by Gasteiger charge is 2.16. The van der Waals surface area contributed by atoms with Crippen molar-refractivity contribution in [2.45, 2.75) is 39.0 Å². The Morgan fingerprint density at radius 2 is 1.96 bits per heavy atom. The molecule has 2 aromatic carbocycles. The first-order valence-corrected chi connectivity index (χ1v) is 9.40. The van der Waals surface area contributed by atoms with Gasteiger partial charge in [-0.1, -0.05) is 41.4 Å². The molecule has 148 valence electrons. The second kappa shape index (κ2) is 10.8. The number of rotatable bonds is 8. The molecule has 1 aliphatic heterocycles. The van der Waals surface area contributed by atoms with Crippen LogP contribution in [0.2, 0.25) is 5.02 Å². The highest BCUT2D eigenvalue weighted by Crippen LogP contribution is 2.37. The Morgan fingerprint density at radius 1 is 1.19 bits per heavy atom. The smallest absolute Gasteiger partial charge is 0.180 e. The highest BCUT2D eigenvalue weighted by molar-refractivity contribution is 6.32. The van der Waals surface area contributed by atoms with Crippen LogP contribution in [-0.2, 0) is 17.9 Å². The van der Waals surface area contributed by atoms with Gasteiger partial charge in [-0.15, -0.1) is 12.4 Å². The quantitative estimate of drug-likeness (QED) is 0.668. The van der Waals surface area contributed by atoms with Gasteiger partial charge in [-0.3, -0.25) is 0 Å². The molecule has 2 aromatic rings. The van der Waals surface area contributed by atoms with Gasteiger partial charge in [0.25, 0.3) is 0 Å². The number of hydrogen-bond acceptors (Lipinski definition) is 4. The number of methoxy groups -OCH3 is 1. The first-order chi connectivity index (χ1) is 12.7. The fraction of sp³-hybridized carbons (Fsp3) is 0.429. The van der Waals surface area contributed by atoms with Crippen LogP contribution in [-0.4, -0.2) is 26.4 Å². The molecule has 0 spiro atoms. The van der Waals surface area contributed by atoms with Crippen molar-refractivity contribution >= 4 is 24.0 Å². The van der Waals surface area contributed by atoms with Gasteiger partial charge >= 0.3 is 0 Å². The molecule has 0 saturated carbocycles. The second-order valence-electron chi connectivity index (χ2n) is 6.65. The molecule has 27 heavy (non-hydrogen) atoms. The van der Waals surface area contributed by atoms with E-state index in [0.717, 1.165) is 37.1 Å². The standard InChI is InChI=1S/C21H26ClNO3.ClH/c1-15-5-7-16(8-6-15)14-26-21-19(22)10-17(11-20(21)24-2)12-23-13-18-4-3-9-25-18;/h5-8,10-11,18,23H,3-4,9,12-14H2,1-2H3;1H. The summed E-state index contributed by atoms with van der Waals surface area (Å²) < 4.78 is 17.0. The molecule has 1 heterocycles. The Balaban J connectivity index is 0.00000261. The van der Waals surface area contributed by atoms with Crippen molar-refractivity contribution in [3.05, 3.63) is 58.1 Å². The molecular weight excluding hydrogens is 385 g/mol. The summed E-state index contributed by atoms with van der Waals surface area (Å²) >= 11 is 6.45. The minimum absolute atomic E-state index is 0. The molecular formula is C21H27Cl2NO3. The van der Waals surface area contributed by atoms with Crippen LogP contribution in [0.1, 0.15) is 29.5 Å². The van der Waals surface area contributed by atoms with Crippen molar-refractivity contribution in [3.63, 3.8) is 0 Å². The summed E-state index contributed by atoms with van der Waals surface area (Å²) in [6.07, 6.45) is 2.60. The summed E-state index contributed by atoms with van der Waals surface area (Å²) in [5, 5.41) is 3.99. The molecule has 1 aliphatic rings. The molecule has 0 amide bonds. The van der Waals surface area contributed by atoms with Gasteiger partial charge < -0.3 is 19.5 Å². The lowest BCUT2D eigenvalue weighted by Gasteiger charge is -2.15. The average Bonchev–Trinajstić information content (AvgIpc) is 3.15. The third kappa shape index (κ3) is 6.28. The summed E-state index contributed by atoms with van der Waals surface area (Å²) in [5.41, 5.74) is 3.38. The van der Waals surface area contributed by atoms with Crippen LogP contribution in [0.15, 0.2) is 36.4 Å². The molecule has 0 radical (unpaired) electrons. The lowest BCUT2D eigenvalue weighted by molar-refractivity contribution is 0.110. The van der Waals surface area contributed by atoms with E-state index in [4.69, 9.17) is 25.8 Å². The van der Waals surface area contributed by atoms with E-state index in [1.165, 1.54) is 5.56 Å². The van der Waals surface area contributed by atoms with E-state index < -0.39 is 0 Å². The molecule has 1 atom stereocenters. The van der Waals surface area contributed by atoms with Crippen LogP contribution in [0.25, 0.3) is 0 Å². The molecule has 3 rings (SSSR count). The van der Waals surface area contributed by atoms with E-state index in [1.54, 1.807) is 7.11 Å². The second-order valence-corrected chi connectivity index (χ2v) is 7.06. The number of ether oxygens (including phenoxy) is 3. The summed E-state index contributed by atoms with van der Waals surface area (Å²) in [5.74, 6) is 1.23. The zero-order valence-electron chi connectivity index (χ0n) is 15.8. The van der Waals surface area contributed by atoms with E-state index in [0.29, 0.717) is 35.8 Å². The Morgan fingerprint density at radius 3 is 2.63 bits per heavy atom. The Bertz CT molecular complexity index is 716. The van der Waals surface area contributed by atoms with Gasteiger partial charge in [-0.2, -0.15) is 0 Å². The van der Waals surface area contributed by atoms with Crippen molar-refractivity contribution in [3.8, 4) is 11.5 Å². The molecule has 0 aliphatic carbocycles. The molecule has 0 bridgehead atoms. The number of aryl methyl sites for hydroxylation is 1. The lowest BCUT2D eigenvalue weighted by atomic mass is 10.1. The van der Waals surface area contributed by atoms with E-state index in [2.05, 4.69) is 36.5 Å². The Hall–Kier alpha value is -1.46.